The summed E-state index contributed by atoms with van der Waals surface area (Å²) in [5.74, 6) is 0.683. The van der Waals surface area contributed by atoms with Crippen LogP contribution < -0.4 is 4.74 Å². The summed E-state index contributed by atoms with van der Waals surface area (Å²) in [5, 5.41) is 2.94. The van der Waals surface area contributed by atoms with E-state index in [-0.39, 0.29) is 23.5 Å². The maximum atomic E-state index is 13.1. The summed E-state index contributed by atoms with van der Waals surface area (Å²) in [5.41, 5.74) is 1.38. The SMILES string of the molecule is CCCCN(C(=O)c1cccc(OCc2csc(C)n2)c1)C1CCS(=O)(=O)C1. The molecule has 2 aromatic rings. The van der Waals surface area contributed by atoms with Crippen molar-refractivity contribution in [2.24, 2.45) is 0 Å². The van der Waals surface area contributed by atoms with Gasteiger partial charge in [0.1, 0.15) is 12.4 Å². The molecule has 0 spiro atoms. The Bertz CT molecular complexity index is 924. The lowest BCUT2D eigenvalue weighted by molar-refractivity contribution is 0.0693. The summed E-state index contributed by atoms with van der Waals surface area (Å²) >= 11 is 1.57. The van der Waals surface area contributed by atoms with Gasteiger partial charge in [-0.1, -0.05) is 19.4 Å². The number of unbranched alkanes of at least 4 members (excludes halogenated alkanes) is 1. The Morgan fingerprint density at radius 1 is 1.39 bits per heavy atom. The summed E-state index contributed by atoms with van der Waals surface area (Å²) in [6.07, 6.45) is 2.30. The molecule has 1 aromatic carbocycles. The number of ether oxygens (including phenoxy) is 1. The second-order valence-corrected chi connectivity index (χ2v) is 10.4. The second kappa shape index (κ2) is 9.05. The van der Waals surface area contributed by atoms with Crippen LogP contribution in [0.4, 0.5) is 0 Å². The molecule has 1 aliphatic rings. The van der Waals surface area contributed by atoms with E-state index >= 15 is 0 Å². The lowest BCUT2D eigenvalue weighted by Crippen LogP contribution is -2.41. The van der Waals surface area contributed by atoms with Crippen LogP contribution in [0.1, 0.15) is 47.2 Å². The molecule has 1 saturated heterocycles. The first kappa shape index (κ1) is 20.8. The Labute approximate surface area is 170 Å². The average molecular weight is 423 g/mol. The highest BCUT2D eigenvalue weighted by molar-refractivity contribution is 7.91. The maximum absolute atomic E-state index is 13.1. The first-order valence-corrected chi connectivity index (χ1v) is 12.2. The Morgan fingerprint density at radius 2 is 2.21 bits per heavy atom. The number of rotatable bonds is 8. The van der Waals surface area contributed by atoms with Crippen molar-refractivity contribution in [3.63, 3.8) is 0 Å². The van der Waals surface area contributed by atoms with Crippen molar-refractivity contribution in [3.05, 3.63) is 45.9 Å². The summed E-state index contributed by atoms with van der Waals surface area (Å²) in [7, 11) is -3.05. The van der Waals surface area contributed by atoms with E-state index in [9.17, 15) is 13.2 Å². The fourth-order valence-electron chi connectivity index (χ4n) is 3.32. The molecule has 2 heterocycles. The van der Waals surface area contributed by atoms with Crippen LogP contribution in [0, 0.1) is 6.92 Å². The largest absolute Gasteiger partial charge is 0.487 e. The van der Waals surface area contributed by atoms with Crippen molar-refractivity contribution in [1.82, 2.24) is 9.88 Å². The van der Waals surface area contributed by atoms with E-state index in [4.69, 9.17) is 4.74 Å². The molecule has 0 radical (unpaired) electrons. The molecule has 0 aliphatic carbocycles. The quantitative estimate of drug-likeness (QED) is 0.651. The number of amides is 1. The van der Waals surface area contributed by atoms with Crippen LogP contribution in [-0.2, 0) is 16.4 Å². The van der Waals surface area contributed by atoms with Gasteiger partial charge in [0, 0.05) is 23.5 Å². The van der Waals surface area contributed by atoms with Crippen molar-refractivity contribution in [3.8, 4) is 5.75 Å². The molecule has 1 fully saturated rings. The lowest BCUT2D eigenvalue weighted by atomic mass is 10.1. The highest BCUT2D eigenvalue weighted by atomic mass is 32.2. The predicted octanol–water partition coefficient (Wildman–Crippen LogP) is 3.46. The zero-order valence-electron chi connectivity index (χ0n) is 16.3. The number of hydrogen-bond acceptors (Lipinski definition) is 6. The maximum Gasteiger partial charge on any atom is 0.254 e. The van der Waals surface area contributed by atoms with Gasteiger partial charge in [-0.15, -0.1) is 11.3 Å². The summed E-state index contributed by atoms with van der Waals surface area (Å²) in [6, 6.07) is 6.84. The first-order chi connectivity index (χ1) is 13.4. The Kier molecular flexibility index (Phi) is 6.72. The molecular formula is C20H26N2O4S2. The van der Waals surface area contributed by atoms with E-state index in [0.717, 1.165) is 23.5 Å². The highest BCUT2D eigenvalue weighted by Crippen LogP contribution is 2.23. The normalized spacial score (nSPS) is 18.1. The minimum Gasteiger partial charge on any atom is -0.487 e. The van der Waals surface area contributed by atoms with Crippen LogP contribution in [0.2, 0.25) is 0 Å². The molecule has 28 heavy (non-hydrogen) atoms. The number of carbonyl (C=O) groups is 1. The first-order valence-electron chi connectivity index (χ1n) is 9.53. The average Bonchev–Trinajstić information content (AvgIpc) is 3.25. The van der Waals surface area contributed by atoms with Crippen molar-refractivity contribution in [2.45, 2.75) is 45.8 Å². The van der Waals surface area contributed by atoms with Crippen LogP contribution in [-0.4, -0.2) is 48.3 Å². The van der Waals surface area contributed by atoms with E-state index in [2.05, 4.69) is 11.9 Å². The number of benzene rings is 1. The summed E-state index contributed by atoms with van der Waals surface area (Å²) < 4.78 is 29.6. The van der Waals surface area contributed by atoms with Gasteiger partial charge >= 0.3 is 0 Å². The van der Waals surface area contributed by atoms with Gasteiger partial charge in [0.05, 0.1) is 22.2 Å². The third-order valence-corrected chi connectivity index (χ3v) is 7.37. The van der Waals surface area contributed by atoms with Crippen LogP contribution >= 0.6 is 11.3 Å². The number of aryl methyl sites for hydroxylation is 1. The van der Waals surface area contributed by atoms with E-state index in [1.165, 1.54) is 0 Å². The predicted molar refractivity (Wildman–Crippen MR) is 111 cm³/mol. The molecule has 1 amide bonds. The number of hydrogen-bond donors (Lipinski definition) is 0. The fraction of sp³-hybridized carbons (Fsp3) is 0.500. The van der Waals surface area contributed by atoms with Crippen LogP contribution in [0.15, 0.2) is 29.6 Å². The molecule has 6 nitrogen and oxygen atoms in total. The zero-order valence-corrected chi connectivity index (χ0v) is 17.9. The number of carbonyl (C=O) groups excluding carboxylic acids is 1. The molecule has 1 aromatic heterocycles. The van der Waals surface area contributed by atoms with Gasteiger partial charge in [-0.25, -0.2) is 13.4 Å². The van der Waals surface area contributed by atoms with Gasteiger partial charge in [0.25, 0.3) is 5.91 Å². The molecule has 3 rings (SSSR count). The van der Waals surface area contributed by atoms with Crippen molar-refractivity contribution in [2.75, 3.05) is 18.1 Å². The molecule has 1 aliphatic heterocycles. The van der Waals surface area contributed by atoms with E-state index in [1.807, 2.05) is 18.4 Å². The Hall–Kier alpha value is -1.93. The molecule has 8 heteroatoms. The minimum absolute atomic E-state index is 0.0574. The van der Waals surface area contributed by atoms with E-state index in [0.29, 0.717) is 30.9 Å². The standard InChI is InChI=1S/C20H26N2O4S2/c1-3-4-9-22(18-8-10-28(24,25)14-18)20(23)16-6-5-7-19(11-16)26-12-17-13-27-15(2)21-17/h5-7,11,13,18H,3-4,8-10,12,14H2,1-2H3. The van der Waals surface area contributed by atoms with Crippen molar-refractivity contribution < 1.29 is 17.9 Å². The van der Waals surface area contributed by atoms with E-state index in [1.54, 1.807) is 34.4 Å². The molecule has 1 unspecified atom stereocenters. The Balaban J connectivity index is 1.73. The van der Waals surface area contributed by atoms with Gasteiger partial charge in [-0.2, -0.15) is 0 Å². The van der Waals surface area contributed by atoms with Gasteiger partial charge in [0.2, 0.25) is 0 Å². The van der Waals surface area contributed by atoms with Gasteiger partial charge in [-0.05, 0) is 38.0 Å². The number of aromatic nitrogens is 1. The third-order valence-electron chi connectivity index (χ3n) is 4.80. The van der Waals surface area contributed by atoms with Crippen LogP contribution in [0.5, 0.6) is 5.75 Å². The lowest BCUT2D eigenvalue weighted by Gasteiger charge is -2.28. The minimum atomic E-state index is -3.05. The smallest absolute Gasteiger partial charge is 0.254 e. The van der Waals surface area contributed by atoms with E-state index < -0.39 is 9.84 Å². The number of thiazole rings is 1. The van der Waals surface area contributed by atoms with Crippen molar-refractivity contribution in [1.29, 1.82) is 0 Å². The van der Waals surface area contributed by atoms with Gasteiger partial charge in [0.15, 0.2) is 9.84 Å². The van der Waals surface area contributed by atoms with Crippen molar-refractivity contribution >= 4 is 27.1 Å². The molecule has 1 atom stereocenters. The Morgan fingerprint density at radius 3 is 2.86 bits per heavy atom. The topological polar surface area (TPSA) is 76.6 Å². The van der Waals surface area contributed by atoms with Gasteiger partial charge < -0.3 is 9.64 Å². The highest BCUT2D eigenvalue weighted by Gasteiger charge is 2.34. The molecule has 0 bridgehead atoms. The number of nitrogens with zero attached hydrogens (tertiary/aromatic N) is 2. The molecule has 0 saturated carbocycles. The summed E-state index contributed by atoms with van der Waals surface area (Å²) in [6.45, 7) is 4.92. The summed E-state index contributed by atoms with van der Waals surface area (Å²) in [4.78, 5) is 19.2. The van der Waals surface area contributed by atoms with Crippen LogP contribution in [0.3, 0.4) is 0 Å². The monoisotopic (exact) mass is 422 g/mol. The zero-order chi connectivity index (χ0) is 20.1. The molecular weight excluding hydrogens is 396 g/mol. The van der Waals surface area contributed by atoms with Crippen LogP contribution in [0.25, 0.3) is 0 Å². The third kappa shape index (κ3) is 5.32. The second-order valence-electron chi connectivity index (χ2n) is 7.08. The molecule has 152 valence electrons. The number of sulfone groups is 1. The molecule has 0 N–H and O–H groups in total. The van der Waals surface area contributed by atoms with Gasteiger partial charge in [-0.3, -0.25) is 4.79 Å². The fourth-order valence-corrected chi connectivity index (χ4v) is 5.64.